The van der Waals surface area contributed by atoms with Crippen LogP contribution in [0.5, 0.6) is 23.0 Å². The minimum atomic E-state index is -4.76. The van der Waals surface area contributed by atoms with E-state index in [9.17, 15) is 45.1 Å². The number of aromatic nitrogens is 4. The maximum Gasteiger partial charge on any atom is 0.274 e. The van der Waals surface area contributed by atoms with Crippen molar-refractivity contribution in [2.24, 2.45) is 0 Å². The molecule has 4 aliphatic rings. The lowest BCUT2D eigenvalue weighted by atomic mass is 10.0. The summed E-state index contributed by atoms with van der Waals surface area (Å²) in [4.78, 5) is 74.4. The predicted octanol–water partition coefficient (Wildman–Crippen LogP) is 12.4. The van der Waals surface area contributed by atoms with Crippen LogP contribution in [0.2, 0.25) is 0 Å². The summed E-state index contributed by atoms with van der Waals surface area (Å²) in [6.07, 6.45) is 9.09. The van der Waals surface area contributed by atoms with Gasteiger partial charge in [-0.3, -0.25) is 28.3 Å². The van der Waals surface area contributed by atoms with Gasteiger partial charge in [-0.15, -0.1) is 0 Å². The van der Waals surface area contributed by atoms with Crippen LogP contribution in [0.15, 0.2) is 158 Å². The normalized spacial score (nSPS) is 13.4. The molecule has 4 aliphatic heterocycles. The number of hydrogen-bond donors (Lipinski definition) is 8. The number of anilines is 4. The Labute approximate surface area is 532 Å². The second-order valence-corrected chi connectivity index (χ2v) is 24.6. The largest absolute Gasteiger partial charge is 0.497 e. The lowest BCUT2D eigenvalue weighted by Crippen LogP contribution is -2.22. The average molecular weight is 1290 g/mol. The van der Waals surface area contributed by atoms with Gasteiger partial charge in [-0.1, -0.05) is 72.8 Å². The van der Waals surface area contributed by atoms with Crippen molar-refractivity contribution >= 4 is 113 Å². The van der Waals surface area contributed by atoms with Gasteiger partial charge in [0.2, 0.25) is 11.8 Å². The maximum atomic E-state index is 14.8. The second-order valence-electron chi connectivity index (χ2n) is 21.7. The Bertz CT molecular complexity index is 4690. The molecule has 24 heteroatoms. The molecule has 4 amide bonds. The Kier molecular flexibility index (Phi) is 17.6. The minimum Gasteiger partial charge on any atom is -0.497 e. The number of ether oxygens (including phenoxy) is 4. The topological polar surface area (TPSA) is 319 Å². The molecule has 9 aromatic rings. The number of nitrogens with one attached hydrogen (secondary N) is 6. The summed E-state index contributed by atoms with van der Waals surface area (Å²) in [5.74, 6) is -4.00. The molecule has 13 rings (SSSR count). The van der Waals surface area contributed by atoms with E-state index in [2.05, 4.69) is 31.2 Å². The summed E-state index contributed by atoms with van der Waals surface area (Å²) in [6.45, 7) is 0.612. The fraction of sp³-hybridized carbons (Fsp3) is 0.130. The number of carbonyl (C=O) groups excluding carboxylic acids is 4. The van der Waals surface area contributed by atoms with E-state index in [0.29, 0.717) is 150 Å². The third-order valence-electron chi connectivity index (χ3n) is 15.3. The van der Waals surface area contributed by atoms with Crippen LogP contribution < -0.4 is 40.2 Å². The molecule has 6 aromatic carbocycles. The molecule has 0 saturated carbocycles. The van der Waals surface area contributed by atoms with Crippen molar-refractivity contribution in [2.45, 2.75) is 19.3 Å². The smallest absolute Gasteiger partial charge is 0.274 e. The van der Waals surface area contributed by atoms with Gasteiger partial charge in [0.1, 0.15) is 23.0 Å². The number of nitrogens with zero attached hydrogens (tertiary/aromatic N) is 2. The molecule has 93 heavy (non-hydrogen) atoms. The Morgan fingerprint density at radius 2 is 0.817 bits per heavy atom. The van der Waals surface area contributed by atoms with Crippen LogP contribution in [-0.4, -0.2) is 108 Å². The number of aromatic amines is 2. The predicted molar refractivity (Wildman–Crippen MR) is 357 cm³/mol. The molecule has 7 heterocycles. The SMILES string of the molecule is COc1cc2cc(c1)C(=O)Nc1ccccc1-c1c3nc(c(-c4ccccc4NC(=O)CS(=O)(=O)O)c4ccc([nH]4)c(c4nc(c(-c5ccccc5NC(=O)CS(=O)(=O)O)c5ccc1[nH]5)C=C4)-c1ccccc1NC(=O)c1cc(OC)cc(c1)OCCCCCO2)C=C3. The van der Waals surface area contributed by atoms with Crippen LogP contribution in [-0.2, 0) is 29.8 Å². The summed E-state index contributed by atoms with van der Waals surface area (Å²) in [5.41, 5.74) is 8.05. The number of benzene rings is 6. The number of hydrogen-bond acceptors (Lipinski definition) is 14. The van der Waals surface area contributed by atoms with Crippen LogP contribution in [0.25, 0.3) is 90.9 Å². The number of carbonyl (C=O) groups is 4. The fourth-order valence-electron chi connectivity index (χ4n) is 11.2. The number of methoxy groups -OCH3 is 2. The van der Waals surface area contributed by atoms with Crippen molar-refractivity contribution in [3.8, 4) is 67.5 Å². The highest BCUT2D eigenvalue weighted by Crippen LogP contribution is 2.44. The molecular formula is C69H58N8O14S2. The number of H-pyrrole nitrogens is 2. The molecule has 0 unspecified atom stereocenters. The molecule has 14 bridgehead atoms. The van der Waals surface area contributed by atoms with Gasteiger partial charge in [-0.05, 0) is 116 Å². The molecule has 0 spiro atoms. The van der Waals surface area contributed by atoms with Crippen LogP contribution in [0.1, 0.15) is 62.8 Å². The highest BCUT2D eigenvalue weighted by Gasteiger charge is 2.26. The Hall–Kier alpha value is -11.2. The van der Waals surface area contributed by atoms with Gasteiger partial charge < -0.3 is 50.2 Å². The lowest BCUT2D eigenvalue weighted by Gasteiger charge is -2.15. The quantitative estimate of drug-likeness (QED) is 0.0590. The van der Waals surface area contributed by atoms with Gasteiger partial charge in [-0.25, -0.2) is 9.97 Å². The van der Waals surface area contributed by atoms with Crippen LogP contribution in [0.3, 0.4) is 0 Å². The molecule has 0 saturated heterocycles. The van der Waals surface area contributed by atoms with Gasteiger partial charge in [-0.2, -0.15) is 16.8 Å². The molecule has 22 nitrogen and oxygen atoms in total. The number of rotatable bonds is 10. The van der Waals surface area contributed by atoms with E-state index < -0.39 is 55.4 Å². The van der Waals surface area contributed by atoms with Gasteiger partial charge >= 0.3 is 0 Å². The highest BCUT2D eigenvalue weighted by molar-refractivity contribution is 7.86. The first kappa shape index (κ1) is 62.0. The van der Waals surface area contributed by atoms with Crippen molar-refractivity contribution in [1.29, 1.82) is 0 Å². The van der Waals surface area contributed by atoms with E-state index in [-0.39, 0.29) is 22.5 Å². The van der Waals surface area contributed by atoms with Crippen molar-refractivity contribution in [1.82, 2.24) is 19.9 Å². The summed E-state index contributed by atoms with van der Waals surface area (Å²) in [7, 11) is -6.55. The van der Waals surface area contributed by atoms with Crippen molar-refractivity contribution in [2.75, 3.05) is 60.2 Å². The third-order valence-corrected chi connectivity index (χ3v) is 16.5. The minimum absolute atomic E-state index is 0.161. The standard InChI is InChI=1S/C69H58N8O14S2/c1-88-42-32-40-34-44(36-42)90-30-12-3-13-31-91-45-35-41(33-43(37-45)89-2)69(81)77-53-21-11-7-17-49(53)67-60-28-24-56(72-60)64(46-14-4-8-18-50(46)74-62(78)38-92(82,83)84)54-22-26-58(70-54)66(48-16-6-10-20-52(48)76-68(40)80)59-27-23-55(71-59)65(57-25-29-61(67)73-57)47-15-5-9-19-51(47)75-63(79)39-93(85,86)87/h4-11,14-29,32-37,70,73H,3,12-13,30-31,38-39H2,1-2H3,(H,74,78)(H,75,79)(H,76,80)(H,77,81)(H,82,83,84)(H,85,86,87). The molecule has 0 radical (unpaired) electrons. The molecule has 0 fully saturated rings. The first-order chi connectivity index (χ1) is 44.8. The Balaban J connectivity index is 1.19. The maximum absolute atomic E-state index is 14.8. The average Bonchev–Trinajstić information content (AvgIpc) is 1.64. The zero-order valence-corrected chi connectivity index (χ0v) is 51.4. The van der Waals surface area contributed by atoms with E-state index in [1.165, 1.54) is 14.2 Å². The molecule has 3 aromatic heterocycles. The zero-order chi connectivity index (χ0) is 65.0. The van der Waals surface area contributed by atoms with Crippen molar-refractivity contribution in [3.63, 3.8) is 0 Å². The van der Waals surface area contributed by atoms with E-state index in [1.807, 2.05) is 12.1 Å². The summed E-state index contributed by atoms with van der Waals surface area (Å²) < 4.78 is 91.5. The molecule has 0 aliphatic carbocycles. The number of fused-ring (bicyclic) bond motifs is 8. The number of amides is 4. The lowest BCUT2D eigenvalue weighted by molar-refractivity contribution is -0.114. The Morgan fingerprint density at radius 1 is 0.473 bits per heavy atom. The van der Waals surface area contributed by atoms with Gasteiger partial charge in [0.05, 0.1) is 50.2 Å². The van der Waals surface area contributed by atoms with E-state index in [1.54, 1.807) is 170 Å². The van der Waals surface area contributed by atoms with E-state index in [0.717, 1.165) is 6.42 Å². The van der Waals surface area contributed by atoms with Gasteiger partial charge in [0.15, 0.2) is 11.5 Å². The summed E-state index contributed by atoms with van der Waals surface area (Å²) in [6, 6.07) is 44.6. The van der Waals surface area contributed by atoms with Crippen molar-refractivity contribution in [3.05, 3.63) is 192 Å². The Morgan fingerprint density at radius 3 is 1.18 bits per heavy atom. The number of para-hydroxylation sites is 4. The first-order valence-electron chi connectivity index (χ1n) is 29.2. The summed E-state index contributed by atoms with van der Waals surface area (Å²) in [5, 5.41) is 11.6. The zero-order valence-electron chi connectivity index (χ0n) is 49.8. The van der Waals surface area contributed by atoms with Crippen molar-refractivity contribution < 1.29 is 64.1 Å². The van der Waals surface area contributed by atoms with Crippen LogP contribution in [0.4, 0.5) is 22.7 Å². The summed E-state index contributed by atoms with van der Waals surface area (Å²) >= 11 is 0. The molecule has 8 N–H and O–H groups in total. The molecule has 470 valence electrons. The van der Waals surface area contributed by atoms with Crippen LogP contribution in [0, 0.1) is 0 Å². The van der Waals surface area contributed by atoms with E-state index in [4.69, 9.17) is 28.9 Å². The molecule has 0 atom stereocenters. The molecular weight excluding hydrogens is 1230 g/mol. The second kappa shape index (κ2) is 26.3. The first-order valence-corrected chi connectivity index (χ1v) is 32.4. The van der Waals surface area contributed by atoms with Gasteiger partial charge in [0.25, 0.3) is 32.1 Å². The fourth-order valence-corrected chi connectivity index (χ4v) is 12.0. The third kappa shape index (κ3) is 14.1. The monoisotopic (exact) mass is 1290 g/mol. The van der Waals surface area contributed by atoms with Gasteiger partial charge in [0, 0.05) is 113 Å². The highest BCUT2D eigenvalue weighted by atomic mass is 32.2. The van der Waals surface area contributed by atoms with Crippen LogP contribution >= 0.6 is 0 Å². The van der Waals surface area contributed by atoms with E-state index >= 15 is 0 Å².